The summed E-state index contributed by atoms with van der Waals surface area (Å²) in [5.41, 5.74) is -0.728. The van der Waals surface area contributed by atoms with Crippen LogP contribution < -0.4 is 4.72 Å². The summed E-state index contributed by atoms with van der Waals surface area (Å²) >= 11 is 0. The quantitative estimate of drug-likeness (QED) is 0.930. The van der Waals surface area contributed by atoms with E-state index in [1.165, 1.54) is 36.4 Å². The van der Waals surface area contributed by atoms with Crippen molar-refractivity contribution < 1.29 is 21.6 Å². The lowest BCUT2D eigenvalue weighted by molar-refractivity contribution is -0.137. The number of alkyl halides is 3. The molecular formula is C15H11F3N2O2S. The molecule has 2 aromatic rings. The minimum Gasteiger partial charge on any atom is -0.207 e. The van der Waals surface area contributed by atoms with Crippen molar-refractivity contribution in [2.75, 3.05) is 0 Å². The van der Waals surface area contributed by atoms with Gasteiger partial charge in [-0.2, -0.15) is 18.4 Å². The van der Waals surface area contributed by atoms with E-state index < -0.39 is 21.8 Å². The van der Waals surface area contributed by atoms with Crippen molar-refractivity contribution in [2.24, 2.45) is 0 Å². The molecule has 0 amide bonds. The number of nitrogens with one attached hydrogen (secondary N) is 1. The molecule has 0 radical (unpaired) electrons. The fourth-order valence-corrected chi connectivity index (χ4v) is 3.08. The zero-order valence-corrected chi connectivity index (χ0v) is 12.4. The number of sulfonamides is 1. The van der Waals surface area contributed by atoms with E-state index in [0.29, 0.717) is 0 Å². The van der Waals surface area contributed by atoms with Gasteiger partial charge in [-0.1, -0.05) is 30.3 Å². The Morgan fingerprint density at radius 1 is 1.09 bits per heavy atom. The average Bonchev–Trinajstić information content (AvgIpc) is 2.52. The van der Waals surface area contributed by atoms with Gasteiger partial charge in [-0.25, -0.2) is 13.1 Å². The molecule has 120 valence electrons. The predicted molar refractivity (Wildman–Crippen MR) is 76.6 cm³/mol. The van der Waals surface area contributed by atoms with Crippen LogP contribution in [0.5, 0.6) is 0 Å². The number of rotatable bonds is 4. The number of nitriles is 1. The first-order chi connectivity index (χ1) is 10.7. The van der Waals surface area contributed by atoms with Gasteiger partial charge in [0.1, 0.15) is 6.07 Å². The minimum atomic E-state index is -4.50. The van der Waals surface area contributed by atoms with Crippen molar-refractivity contribution >= 4 is 10.0 Å². The van der Waals surface area contributed by atoms with Gasteiger partial charge in [0, 0.05) is 6.54 Å². The first-order valence-electron chi connectivity index (χ1n) is 6.39. The summed E-state index contributed by atoms with van der Waals surface area (Å²) in [6.45, 7) is -0.313. The van der Waals surface area contributed by atoms with Crippen molar-refractivity contribution in [3.63, 3.8) is 0 Å². The maximum absolute atomic E-state index is 12.6. The van der Waals surface area contributed by atoms with E-state index in [-0.39, 0.29) is 22.6 Å². The molecule has 0 bridgehead atoms. The maximum Gasteiger partial charge on any atom is 0.416 e. The third-order valence-electron chi connectivity index (χ3n) is 3.02. The van der Waals surface area contributed by atoms with Gasteiger partial charge in [-0.05, 0) is 23.8 Å². The maximum atomic E-state index is 12.6. The van der Waals surface area contributed by atoms with Gasteiger partial charge < -0.3 is 0 Å². The Bertz CT molecular complexity index is 856. The van der Waals surface area contributed by atoms with Crippen LogP contribution in [0.15, 0.2) is 53.4 Å². The van der Waals surface area contributed by atoms with E-state index in [9.17, 15) is 21.6 Å². The van der Waals surface area contributed by atoms with Crippen molar-refractivity contribution in [3.05, 3.63) is 65.2 Å². The van der Waals surface area contributed by atoms with E-state index in [2.05, 4.69) is 4.72 Å². The zero-order valence-electron chi connectivity index (χ0n) is 11.6. The first kappa shape index (κ1) is 17.0. The summed E-state index contributed by atoms with van der Waals surface area (Å²) in [6, 6.07) is 11.7. The molecule has 0 heterocycles. The average molecular weight is 340 g/mol. The van der Waals surface area contributed by atoms with E-state index in [4.69, 9.17) is 5.26 Å². The Morgan fingerprint density at radius 3 is 2.43 bits per heavy atom. The number of hydrogen-bond donors (Lipinski definition) is 1. The Morgan fingerprint density at radius 2 is 1.78 bits per heavy atom. The van der Waals surface area contributed by atoms with E-state index in [1.54, 1.807) is 6.07 Å². The number of halogens is 3. The molecule has 0 saturated carbocycles. The highest BCUT2D eigenvalue weighted by atomic mass is 32.2. The second kappa shape index (κ2) is 6.40. The minimum absolute atomic E-state index is 0.0379. The van der Waals surface area contributed by atoms with Crippen molar-refractivity contribution in [3.8, 4) is 6.07 Å². The molecule has 0 aliphatic heterocycles. The number of hydrogen-bond acceptors (Lipinski definition) is 3. The van der Waals surface area contributed by atoms with Gasteiger partial charge >= 0.3 is 6.18 Å². The van der Waals surface area contributed by atoms with Gasteiger partial charge in [-0.3, -0.25) is 0 Å². The molecule has 23 heavy (non-hydrogen) atoms. The Labute approximate surface area is 131 Å². The second-order valence-corrected chi connectivity index (χ2v) is 6.37. The fraction of sp³-hybridized carbons (Fsp3) is 0.133. The Balaban J connectivity index is 2.22. The Hall–Kier alpha value is -2.37. The smallest absolute Gasteiger partial charge is 0.207 e. The largest absolute Gasteiger partial charge is 0.416 e. The lowest BCUT2D eigenvalue weighted by atomic mass is 10.1. The predicted octanol–water partition coefficient (Wildman–Crippen LogP) is 3.06. The van der Waals surface area contributed by atoms with Crippen LogP contribution in [0.1, 0.15) is 16.7 Å². The highest BCUT2D eigenvalue weighted by Gasteiger charge is 2.30. The summed E-state index contributed by atoms with van der Waals surface area (Å²) < 4.78 is 64.5. The molecule has 0 aliphatic rings. The molecular weight excluding hydrogens is 329 g/mol. The van der Waals surface area contributed by atoms with E-state index in [0.717, 1.165) is 12.1 Å². The van der Waals surface area contributed by atoms with Gasteiger partial charge in [0.05, 0.1) is 16.0 Å². The standard InChI is InChI=1S/C15H11F3N2O2S/c16-15(17,18)13-6-3-4-11(8-13)10-20-23(21,22)14-7-2-1-5-12(14)9-19/h1-8,20H,10H2. The zero-order chi connectivity index (χ0) is 17.1. The topological polar surface area (TPSA) is 70.0 Å². The SMILES string of the molecule is N#Cc1ccccc1S(=O)(=O)NCc1cccc(C(F)(F)F)c1. The molecule has 4 nitrogen and oxygen atoms in total. The van der Waals surface area contributed by atoms with Crippen LogP contribution in [0.3, 0.4) is 0 Å². The second-order valence-electron chi connectivity index (χ2n) is 4.63. The van der Waals surface area contributed by atoms with Crippen LogP contribution in [-0.2, 0) is 22.7 Å². The molecule has 0 spiro atoms. The fourth-order valence-electron chi connectivity index (χ4n) is 1.91. The van der Waals surface area contributed by atoms with Crippen molar-refractivity contribution in [1.29, 1.82) is 5.26 Å². The lowest BCUT2D eigenvalue weighted by Crippen LogP contribution is -2.24. The van der Waals surface area contributed by atoms with Crippen molar-refractivity contribution in [2.45, 2.75) is 17.6 Å². The third-order valence-corrected chi connectivity index (χ3v) is 4.48. The van der Waals surface area contributed by atoms with E-state index in [1.807, 2.05) is 0 Å². The molecule has 2 aromatic carbocycles. The van der Waals surface area contributed by atoms with E-state index >= 15 is 0 Å². The molecule has 2 rings (SSSR count). The monoisotopic (exact) mass is 340 g/mol. The van der Waals surface area contributed by atoms with Crippen LogP contribution in [0, 0.1) is 11.3 Å². The van der Waals surface area contributed by atoms with Crippen molar-refractivity contribution in [1.82, 2.24) is 4.72 Å². The normalized spacial score (nSPS) is 11.9. The van der Waals surface area contributed by atoms with Gasteiger partial charge in [0.15, 0.2) is 0 Å². The molecule has 0 unspecified atom stereocenters. The molecule has 0 aliphatic carbocycles. The first-order valence-corrected chi connectivity index (χ1v) is 7.87. The summed E-state index contributed by atoms with van der Waals surface area (Å²) in [5.74, 6) is 0. The molecule has 1 N–H and O–H groups in total. The number of nitrogens with zero attached hydrogens (tertiary/aromatic N) is 1. The highest BCUT2D eigenvalue weighted by Crippen LogP contribution is 2.29. The molecule has 0 saturated heterocycles. The van der Waals surface area contributed by atoms with Gasteiger partial charge in [-0.15, -0.1) is 0 Å². The lowest BCUT2D eigenvalue weighted by Gasteiger charge is -2.10. The summed E-state index contributed by atoms with van der Waals surface area (Å²) in [5, 5.41) is 8.93. The van der Waals surface area contributed by atoms with Crippen LogP contribution in [0.2, 0.25) is 0 Å². The highest BCUT2D eigenvalue weighted by molar-refractivity contribution is 7.89. The van der Waals surface area contributed by atoms with Gasteiger partial charge in [0.25, 0.3) is 0 Å². The molecule has 0 aromatic heterocycles. The molecule has 0 fully saturated rings. The molecule has 0 atom stereocenters. The van der Waals surface area contributed by atoms with Crippen LogP contribution in [-0.4, -0.2) is 8.42 Å². The molecule has 8 heteroatoms. The summed E-state index contributed by atoms with van der Waals surface area (Å²) in [7, 11) is -4.00. The Kier molecular flexibility index (Phi) is 4.73. The summed E-state index contributed by atoms with van der Waals surface area (Å²) in [6.07, 6.45) is -4.50. The third kappa shape index (κ3) is 4.09. The number of benzene rings is 2. The van der Waals surface area contributed by atoms with Crippen LogP contribution in [0.4, 0.5) is 13.2 Å². The summed E-state index contributed by atoms with van der Waals surface area (Å²) in [4.78, 5) is -0.213. The van der Waals surface area contributed by atoms with Crippen LogP contribution >= 0.6 is 0 Å². The van der Waals surface area contributed by atoms with Gasteiger partial charge in [0.2, 0.25) is 10.0 Å². The van der Waals surface area contributed by atoms with Crippen LogP contribution in [0.25, 0.3) is 0 Å².